The van der Waals surface area contributed by atoms with Crippen molar-refractivity contribution in [2.75, 3.05) is 13.1 Å². The fourth-order valence-corrected chi connectivity index (χ4v) is 3.96. The van der Waals surface area contributed by atoms with Gasteiger partial charge in [0.2, 0.25) is 0 Å². The van der Waals surface area contributed by atoms with Crippen LogP contribution in [0.3, 0.4) is 0 Å². The van der Waals surface area contributed by atoms with E-state index in [1.165, 1.54) is 22.6 Å². The molecular weight excluding hydrogens is 434 g/mol. The molecule has 3 heterocycles. The van der Waals surface area contributed by atoms with Gasteiger partial charge >= 0.3 is 12.1 Å². The predicted molar refractivity (Wildman–Crippen MR) is 108 cm³/mol. The molecule has 0 saturated carbocycles. The molecule has 1 N–H and O–H groups in total. The third kappa shape index (κ3) is 6.31. The highest BCUT2D eigenvalue weighted by Gasteiger charge is 2.38. The molecule has 0 unspecified atom stereocenters. The molecule has 0 atom stereocenters. The average molecular weight is 453 g/mol. The molecule has 0 bridgehead atoms. The second-order valence-corrected chi connectivity index (χ2v) is 7.85. The van der Waals surface area contributed by atoms with E-state index in [9.17, 15) is 17.6 Å². The molecule has 0 fully saturated rings. The maximum atomic E-state index is 13.2. The largest absolute Gasteiger partial charge is 0.490 e. The molecule has 10 heteroatoms. The molecule has 3 aromatic rings. The lowest BCUT2D eigenvalue weighted by atomic mass is 10.0. The Bertz CT molecular complexity index is 1010. The van der Waals surface area contributed by atoms with Crippen molar-refractivity contribution in [2.45, 2.75) is 25.6 Å². The van der Waals surface area contributed by atoms with Gasteiger partial charge in [-0.25, -0.2) is 19.2 Å². The quantitative estimate of drug-likeness (QED) is 0.588. The predicted octanol–water partition coefficient (Wildman–Crippen LogP) is 4.58. The van der Waals surface area contributed by atoms with Gasteiger partial charge in [0.05, 0.1) is 5.69 Å². The number of hydrogen-bond acceptors (Lipinski definition) is 5. The van der Waals surface area contributed by atoms with Crippen molar-refractivity contribution in [3.63, 3.8) is 0 Å². The van der Waals surface area contributed by atoms with Crippen molar-refractivity contribution < 1.29 is 27.5 Å². The van der Waals surface area contributed by atoms with Crippen LogP contribution in [0.5, 0.6) is 0 Å². The van der Waals surface area contributed by atoms with Crippen LogP contribution in [0.25, 0.3) is 11.3 Å². The number of halogens is 4. The molecule has 0 amide bonds. The Hall–Kier alpha value is -2.85. The number of nitrogens with zero attached hydrogens (tertiary/aromatic N) is 3. The molecule has 2 aromatic heterocycles. The maximum Gasteiger partial charge on any atom is 0.490 e. The van der Waals surface area contributed by atoms with Gasteiger partial charge in [-0.1, -0.05) is 6.07 Å². The number of benzene rings is 1. The van der Waals surface area contributed by atoms with Crippen molar-refractivity contribution in [2.24, 2.45) is 0 Å². The van der Waals surface area contributed by atoms with Crippen LogP contribution in [0.15, 0.2) is 48.1 Å². The number of aliphatic carboxylic acids is 1. The summed E-state index contributed by atoms with van der Waals surface area (Å²) in [7, 11) is 0. The molecule has 5 nitrogen and oxygen atoms in total. The van der Waals surface area contributed by atoms with E-state index in [0.717, 1.165) is 49.4 Å². The number of alkyl halides is 3. The number of rotatable bonds is 3. The van der Waals surface area contributed by atoms with Crippen LogP contribution in [-0.4, -0.2) is 45.2 Å². The Labute approximate surface area is 180 Å². The second-order valence-electron chi connectivity index (χ2n) is 6.81. The highest BCUT2D eigenvalue weighted by Crippen LogP contribution is 2.26. The lowest BCUT2D eigenvalue weighted by Crippen LogP contribution is -2.25. The molecule has 1 aromatic carbocycles. The van der Waals surface area contributed by atoms with Gasteiger partial charge in [0.25, 0.3) is 0 Å². The molecule has 164 valence electrons. The van der Waals surface area contributed by atoms with Crippen LogP contribution in [-0.2, 0) is 24.2 Å². The fourth-order valence-electron chi connectivity index (χ4n) is 3.21. The summed E-state index contributed by atoms with van der Waals surface area (Å²) in [6.07, 6.45) is -1.60. The number of carboxylic acid groups (broad SMARTS) is 1. The molecule has 31 heavy (non-hydrogen) atoms. The van der Waals surface area contributed by atoms with Gasteiger partial charge in [0.15, 0.2) is 0 Å². The summed E-state index contributed by atoms with van der Waals surface area (Å²) in [5.41, 5.74) is 4.23. The number of hydrogen-bond donors (Lipinski definition) is 1. The molecule has 0 aliphatic carbocycles. The first-order chi connectivity index (χ1) is 14.7. The van der Waals surface area contributed by atoms with Gasteiger partial charge in [-0.2, -0.15) is 13.2 Å². The first-order valence-electron chi connectivity index (χ1n) is 9.37. The van der Waals surface area contributed by atoms with Crippen molar-refractivity contribution in [1.82, 2.24) is 14.9 Å². The van der Waals surface area contributed by atoms with Crippen molar-refractivity contribution in [3.8, 4) is 11.3 Å². The van der Waals surface area contributed by atoms with Gasteiger partial charge in [0.1, 0.15) is 12.1 Å². The van der Waals surface area contributed by atoms with E-state index in [1.54, 1.807) is 29.8 Å². The lowest BCUT2D eigenvalue weighted by molar-refractivity contribution is -0.192. The smallest absolute Gasteiger partial charge is 0.475 e. The number of carbonyl (C=O) groups is 1. The van der Waals surface area contributed by atoms with Crippen LogP contribution < -0.4 is 0 Å². The molecule has 0 spiro atoms. The van der Waals surface area contributed by atoms with E-state index in [4.69, 9.17) is 9.90 Å². The molecule has 0 radical (unpaired) electrons. The number of aromatic nitrogens is 2. The first kappa shape index (κ1) is 22.8. The van der Waals surface area contributed by atoms with E-state index in [-0.39, 0.29) is 5.82 Å². The fraction of sp³-hybridized carbons (Fsp3) is 0.286. The Balaban J connectivity index is 0.000000339. The van der Waals surface area contributed by atoms with Crippen LogP contribution >= 0.6 is 11.3 Å². The average Bonchev–Trinajstić information content (AvgIpc) is 3.15. The third-order valence-electron chi connectivity index (χ3n) is 4.70. The molecule has 4 rings (SSSR count). The second kappa shape index (κ2) is 9.97. The molecule has 1 aliphatic rings. The minimum Gasteiger partial charge on any atom is -0.475 e. The summed E-state index contributed by atoms with van der Waals surface area (Å²) in [4.78, 5) is 21.8. The summed E-state index contributed by atoms with van der Waals surface area (Å²) < 4.78 is 44.9. The summed E-state index contributed by atoms with van der Waals surface area (Å²) >= 11 is 1.80. The van der Waals surface area contributed by atoms with Crippen LogP contribution in [0.1, 0.15) is 16.1 Å². The van der Waals surface area contributed by atoms with Crippen LogP contribution in [0.2, 0.25) is 0 Å². The first-order valence-corrected chi connectivity index (χ1v) is 10.3. The topological polar surface area (TPSA) is 66.3 Å². The third-order valence-corrected chi connectivity index (χ3v) is 5.56. The van der Waals surface area contributed by atoms with E-state index in [1.807, 2.05) is 0 Å². The van der Waals surface area contributed by atoms with Crippen LogP contribution in [0, 0.1) is 5.82 Å². The van der Waals surface area contributed by atoms with E-state index < -0.39 is 12.1 Å². The standard InChI is InChI=1S/C19H18FN3S.C2HF3O2/c20-15-5-3-14(4-6-15)19-17-7-9-23(12-16-2-1-11-24-16)10-8-18(17)21-13-22-19;3-2(4,5)1(6)7/h1-6,11,13H,7-10,12H2;(H,6,7). The van der Waals surface area contributed by atoms with Crippen molar-refractivity contribution >= 4 is 17.3 Å². The highest BCUT2D eigenvalue weighted by molar-refractivity contribution is 7.09. The number of thiophene rings is 1. The zero-order valence-corrected chi connectivity index (χ0v) is 17.1. The van der Waals surface area contributed by atoms with Gasteiger partial charge in [0, 0.05) is 47.8 Å². The Morgan fingerprint density at radius 1 is 1.10 bits per heavy atom. The van der Waals surface area contributed by atoms with E-state index in [0.29, 0.717) is 0 Å². The van der Waals surface area contributed by atoms with Gasteiger partial charge in [-0.15, -0.1) is 11.3 Å². The summed E-state index contributed by atoms with van der Waals surface area (Å²) in [5.74, 6) is -2.98. The Morgan fingerprint density at radius 2 is 1.77 bits per heavy atom. The zero-order chi connectivity index (χ0) is 22.4. The van der Waals surface area contributed by atoms with Crippen LogP contribution in [0.4, 0.5) is 17.6 Å². The van der Waals surface area contributed by atoms with E-state index >= 15 is 0 Å². The van der Waals surface area contributed by atoms with Gasteiger partial charge < -0.3 is 5.11 Å². The minimum atomic E-state index is -5.08. The molecular formula is C21H19F4N3O2S. The zero-order valence-electron chi connectivity index (χ0n) is 16.3. The number of fused-ring (bicyclic) bond motifs is 1. The lowest BCUT2D eigenvalue weighted by Gasteiger charge is -2.18. The van der Waals surface area contributed by atoms with Gasteiger partial charge in [-0.05, 0) is 42.1 Å². The van der Waals surface area contributed by atoms with Crippen molar-refractivity contribution in [1.29, 1.82) is 0 Å². The molecule has 0 saturated heterocycles. The monoisotopic (exact) mass is 453 g/mol. The number of carboxylic acids is 1. The SMILES string of the molecule is Fc1ccc(-c2ncnc3c2CCN(Cc2cccs2)CC3)cc1.O=C(O)C(F)(F)F. The minimum absolute atomic E-state index is 0.221. The summed E-state index contributed by atoms with van der Waals surface area (Å²) in [6.45, 7) is 2.99. The van der Waals surface area contributed by atoms with E-state index in [2.05, 4.69) is 32.4 Å². The molecule has 1 aliphatic heterocycles. The normalized spacial score (nSPS) is 14.2. The Kier molecular flexibility index (Phi) is 7.34. The highest BCUT2D eigenvalue weighted by atomic mass is 32.1. The maximum absolute atomic E-state index is 13.2. The summed E-state index contributed by atoms with van der Waals surface area (Å²) in [5, 5.41) is 9.25. The van der Waals surface area contributed by atoms with Gasteiger partial charge in [-0.3, -0.25) is 4.90 Å². The van der Waals surface area contributed by atoms with Crippen molar-refractivity contribution in [3.05, 3.63) is 70.1 Å². The Morgan fingerprint density at radius 3 is 2.39 bits per heavy atom. The summed E-state index contributed by atoms with van der Waals surface area (Å²) in [6, 6.07) is 10.9.